The molecule has 0 atom stereocenters. The van der Waals surface area contributed by atoms with Gasteiger partial charge in [-0.3, -0.25) is 4.79 Å². The minimum Gasteiger partial charge on any atom is -0.376 e. The summed E-state index contributed by atoms with van der Waals surface area (Å²) in [5.41, 5.74) is 1.72. The van der Waals surface area contributed by atoms with Gasteiger partial charge in [-0.05, 0) is 37.1 Å². The van der Waals surface area contributed by atoms with Crippen molar-refractivity contribution >= 4 is 23.3 Å². The predicted octanol–water partition coefficient (Wildman–Crippen LogP) is 2.91. The highest BCUT2D eigenvalue weighted by atomic mass is 16.2. The van der Waals surface area contributed by atoms with Crippen molar-refractivity contribution in [2.24, 2.45) is 0 Å². The van der Waals surface area contributed by atoms with Crippen molar-refractivity contribution in [3.63, 3.8) is 0 Å². The molecule has 0 aromatic heterocycles. The van der Waals surface area contributed by atoms with Gasteiger partial charge in [-0.1, -0.05) is 36.4 Å². The zero-order valence-corrected chi connectivity index (χ0v) is 14.7. The summed E-state index contributed by atoms with van der Waals surface area (Å²) in [6.07, 6.45) is 1.53. The second kappa shape index (κ2) is 8.89. The Morgan fingerprint density at radius 2 is 1.46 bits per heavy atom. The Balaban J connectivity index is 1.38. The van der Waals surface area contributed by atoms with Crippen molar-refractivity contribution < 1.29 is 9.59 Å². The van der Waals surface area contributed by atoms with Crippen LogP contribution >= 0.6 is 0 Å². The minimum atomic E-state index is -0.0910. The monoisotopic (exact) mass is 352 g/mol. The smallest absolute Gasteiger partial charge is 0.321 e. The molecule has 0 bridgehead atoms. The Morgan fingerprint density at radius 3 is 2.08 bits per heavy atom. The molecular weight excluding hydrogens is 328 g/mol. The summed E-state index contributed by atoms with van der Waals surface area (Å²) in [6.45, 7) is 1.52. The van der Waals surface area contributed by atoms with Crippen molar-refractivity contribution in [1.82, 2.24) is 10.2 Å². The highest BCUT2D eigenvalue weighted by Gasteiger charge is 2.23. The quantitative estimate of drug-likeness (QED) is 0.775. The van der Waals surface area contributed by atoms with Gasteiger partial charge in [-0.25, -0.2) is 4.79 Å². The number of likely N-dealkylation sites (tertiary alicyclic amines) is 1. The van der Waals surface area contributed by atoms with Crippen LogP contribution in [0, 0.1) is 0 Å². The number of benzene rings is 2. The van der Waals surface area contributed by atoms with E-state index in [9.17, 15) is 9.59 Å². The molecule has 1 aliphatic rings. The van der Waals surface area contributed by atoms with Crippen LogP contribution in [0.1, 0.15) is 12.8 Å². The highest BCUT2D eigenvalue weighted by molar-refractivity contribution is 5.89. The first-order valence-electron chi connectivity index (χ1n) is 8.90. The van der Waals surface area contributed by atoms with Crippen LogP contribution in [0.15, 0.2) is 60.7 Å². The summed E-state index contributed by atoms with van der Waals surface area (Å²) in [7, 11) is 0. The number of hydrogen-bond donors (Lipinski definition) is 3. The first-order chi connectivity index (χ1) is 12.7. The number of piperidine rings is 1. The summed E-state index contributed by atoms with van der Waals surface area (Å²) in [5, 5.41) is 9.04. The lowest BCUT2D eigenvalue weighted by molar-refractivity contribution is -0.120. The first kappa shape index (κ1) is 17.8. The standard InChI is InChI=1S/C20H24N4O2/c25-19(15-21-16-7-3-1-4-8-16)22-18-11-13-24(14-12-18)20(26)23-17-9-5-2-6-10-17/h1-10,18,21H,11-15H2,(H,22,25)(H,23,26). The number of carbonyl (C=O) groups is 2. The van der Waals surface area contributed by atoms with E-state index in [0.29, 0.717) is 13.1 Å². The number of nitrogens with one attached hydrogen (secondary N) is 3. The third-order valence-electron chi connectivity index (χ3n) is 4.40. The summed E-state index contributed by atoms with van der Waals surface area (Å²) in [5.74, 6) is -0.0268. The summed E-state index contributed by atoms with van der Waals surface area (Å²) in [4.78, 5) is 26.1. The van der Waals surface area contributed by atoms with Gasteiger partial charge in [-0.15, -0.1) is 0 Å². The lowest BCUT2D eigenvalue weighted by atomic mass is 10.1. The second-order valence-electron chi connectivity index (χ2n) is 6.34. The van der Waals surface area contributed by atoms with Gasteiger partial charge in [0.25, 0.3) is 0 Å². The third kappa shape index (κ3) is 5.24. The molecular formula is C20H24N4O2. The lowest BCUT2D eigenvalue weighted by Crippen LogP contribution is -2.48. The molecule has 3 N–H and O–H groups in total. The molecule has 0 unspecified atom stereocenters. The molecule has 6 nitrogen and oxygen atoms in total. The topological polar surface area (TPSA) is 73.5 Å². The molecule has 0 saturated carbocycles. The fourth-order valence-electron chi connectivity index (χ4n) is 2.97. The van der Waals surface area contributed by atoms with E-state index >= 15 is 0 Å². The molecule has 1 fully saturated rings. The number of urea groups is 1. The first-order valence-corrected chi connectivity index (χ1v) is 8.90. The number of rotatable bonds is 5. The molecule has 3 rings (SSSR count). The fraction of sp³-hybridized carbons (Fsp3) is 0.300. The van der Waals surface area contributed by atoms with E-state index < -0.39 is 0 Å². The zero-order valence-electron chi connectivity index (χ0n) is 14.7. The summed E-state index contributed by atoms with van der Waals surface area (Å²) < 4.78 is 0. The van der Waals surface area contributed by atoms with E-state index in [1.807, 2.05) is 60.7 Å². The van der Waals surface area contributed by atoms with E-state index in [4.69, 9.17) is 0 Å². The maximum Gasteiger partial charge on any atom is 0.321 e. The molecule has 0 radical (unpaired) electrons. The Hall–Kier alpha value is -3.02. The van der Waals surface area contributed by atoms with Crippen LogP contribution in [0.3, 0.4) is 0 Å². The third-order valence-corrected chi connectivity index (χ3v) is 4.40. The van der Waals surface area contributed by atoms with Crippen LogP contribution in [-0.2, 0) is 4.79 Å². The highest BCUT2D eigenvalue weighted by Crippen LogP contribution is 2.13. The molecule has 1 heterocycles. The SMILES string of the molecule is O=C(CNc1ccccc1)NC1CCN(C(=O)Nc2ccccc2)CC1. The zero-order chi connectivity index (χ0) is 18.2. The molecule has 2 aromatic rings. The average Bonchev–Trinajstić information content (AvgIpc) is 2.68. The number of para-hydroxylation sites is 2. The van der Waals surface area contributed by atoms with Crippen molar-refractivity contribution in [3.05, 3.63) is 60.7 Å². The van der Waals surface area contributed by atoms with Gasteiger partial charge < -0.3 is 20.9 Å². The Kier molecular flexibility index (Phi) is 6.09. The maximum atomic E-state index is 12.3. The molecule has 136 valence electrons. The van der Waals surface area contributed by atoms with Crippen LogP contribution in [0.2, 0.25) is 0 Å². The number of nitrogens with zero attached hydrogens (tertiary/aromatic N) is 1. The Labute approximate surface area is 153 Å². The van der Waals surface area contributed by atoms with Gasteiger partial charge in [0.15, 0.2) is 0 Å². The van der Waals surface area contributed by atoms with E-state index in [-0.39, 0.29) is 24.5 Å². The molecule has 6 heteroatoms. The largest absolute Gasteiger partial charge is 0.376 e. The van der Waals surface area contributed by atoms with Crippen LogP contribution in [-0.4, -0.2) is 42.5 Å². The fourth-order valence-corrected chi connectivity index (χ4v) is 2.97. The number of hydrogen-bond acceptors (Lipinski definition) is 3. The Morgan fingerprint density at radius 1 is 0.885 bits per heavy atom. The molecule has 0 aliphatic carbocycles. The van der Waals surface area contributed by atoms with Gasteiger partial charge >= 0.3 is 6.03 Å². The van der Waals surface area contributed by atoms with Gasteiger partial charge in [-0.2, -0.15) is 0 Å². The molecule has 2 aromatic carbocycles. The lowest BCUT2D eigenvalue weighted by Gasteiger charge is -2.32. The Bertz CT molecular complexity index is 713. The normalized spacial score (nSPS) is 14.5. The van der Waals surface area contributed by atoms with Gasteiger partial charge in [0.2, 0.25) is 5.91 Å². The molecule has 1 aliphatic heterocycles. The van der Waals surface area contributed by atoms with Crippen molar-refractivity contribution in [1.29, 1.82) is 0 Å². The van der Waals surface area contributed by atoms with Crippen LogP contribution in [0.5, 0.6) is 0 Å². The van der Waals surface area contributed by atoms with Gasteiger partial charge in [0, 0.05) is 30.5 Å². The van der Waals surface area contributed by atoms with Crippen molar-refractivity contribution in [3.8, 4) is 0 Å². The van der Waals surface area contributed by atoms with Gasteiger partial charge in [0.1, 0.15) is 0 Å². The van der Waals surface area contributed by atoms with Crippen molar-refractivity contribution in [2.75, 3.05) is 30.3 Å². The summed E-state index contributed by atoms with van der Waals surface area (Å²) in [6, 6.07) is 19.1. The van der Waals surface area contributed by atoms with E-state index in [0.717, 1.165) is 24.2 Å². The second-order valence-corrected chi connectivity index (χ2v) is 6.34. The molecule has 26 heavy (non-hydrogen) atoms. The minimum absolute atomic E-state index is 0.0268. The molecule has 0 spiro atoms. The summed E-state index contributed by atoms with van der Waals surface area (Å²) >= 11 is 0. The van der Waals surface area contributed by atoms with Crippen LogP contribution in [0.25, 0.3) is 0 Å². The number of carbonyl (C=O) groups excluding carboxylic acids is 2. The molecule has 3 amide bonds. The van der Waals surface area contributed by atoms with Gasteiger partial charge in [0.05, 0.1) is 6.54 Å². The molecule has 1 saturated heterocycles. The van der Waals surface area contributed by atoms with Crippen LogP contribution in [0.4, 0.5) is 16.2 Å². The predicted molar refractivity (Wildman–Crippen MR) is 103 cm³/mol. The number of amides is 3. The maximum absolute atomic E-state index is 12.3. The van der Waals surface area contributed by atoms with Crippen molar-refractivity contribution in [2.45, 2.75) is 18.9 Å². The van der Waals surface area contributed by atoms with E-state index in [1.54, 1.807) is 4.90 Å². The average molecular weight is 352 g/mol. The number of anilines is 2. The van der Waals surface area contributed by atoms with E-state index in [2.05, 4.69) is 16.0 Å². The van der Waals surface area contributed by atoms with E-state index in [1.165, 1.54) is 0 Å². The van der Waals surface area contributed by atoms with Crippen LogP contribution < -0.4 is 16.0 Å².